The van der Waals surface area contributed by atoms with E-state index < -0.39 is 11.4 Å². The van der Waals surface area contributed by atoms with Gasteiger partial charge in [-0.25, -0.2) is 4.79 Å². The number of methoxy groups -OCH3 is 1. The molecule has 1 heterocycles. The molecular weight excluding hydrogens is 314 g/mol. The molecule has 0 aliphatic heterocycles. The molecule has 0 aliphatic rings. The number of carbonyl (C=O) groups excluding carboxylic acids is 1. The number of nitrogens with one attached hydrogen (secondary N) is 1. The minimum absolute atomic E-state index is 0.146. The number of para-hydroxylation sites is 1. The van der Waals surface area contributed by atoms with Crippen molar-refractivity contribution in [3.05, 3.63) is 51.7 Å². The molecule has 6 heteroatoms. The van der Waals surface area contributed by atoms with Gasteiger partial charge in [0.2, 0.25) is 5.91 Å². The standard InChI is InChI=1S/C17H19NO4S/c1-17(2,12-6-4-5-7-13(12)22-3)16(21)18-10-11-8-9-14(23-11)15(19)20/h4-9H,10H2,1-3H3,(H,18,21)(H,19,20). The third-order valence-corrected chi connectivity index (χ3v) is 4.72. The Morgan fingerprint density at radius 1 is 1.22 bits per heavy atom. The van der Waals surface area contributed by atoms with Gasteiger partial charge in [-0.15, -0.1) is 11.3 Å². The quantitative estimate of drug-likeness (QED) is 0.852. The van der Waals surface area contributed by atoms with E-state index in [4.69, 9.17) is 9.84 Å². The maximum Gasteiger partial charge on any atom is 0.345 e. The number of benzene rings is 1. The Labute approximate surface area is 138 Å². The van der Waals surface area contributed by atoms with E-state index in [1.165, 1.54) is 0 Å². The van der Waals surface area contributed by atoms with Crippen LogP contribution < -0.4 is 10.1 Å². The summed E-state index contributed by atoms with van der Waals surface area (Å²) in [4.78, 5) is 24.5. The van der Waals surface area contributed by atoms with E-state index >= 15 is 0 Å². The lowest BCUT2D eigenvalue weighted by molar-refractivity contribution is -0.125. The van der Waals surface area contributed by atoms with Gasteiger partial charge in [0, 0.05) is 10.4 Å². The van der Waals surface area contributed by atoms with Crippen molar-refractivity contribution in [3.63, 3.8) is 0 Å². The topological polar surface area (TPSA) is 75.6 Å². The largest absolute Gasteiger partial charge is 0.496 e. The number of thiophene rings is 1. The molecule has 0 radical (unpaired) electrons. The highest BCUT2D eigenvalue weighted by Crippen LogP contribution is 2.31. The van der Waals surface area contributed by atoms with Gasteiger partial charge >= 0.3 is 5.97 Å². The van der Waals surface area contributed by atoms with Crippen molar-refractivity contribution in [2.24, 2.45) is 0 Å². The fourth-order valence-corrected chi connectivity index (χ4v) is 3.05. The molecule has 0 unspecified atom stereocenters. The first kappa shape index (κ1) is 17.0. The van der Waals surface area contributed by atoms with Crippen LogP contribution in [0, 0.1) is 0 Å². The molecule has 0 spiro atoms. The van der Waals surface area contributed by atoms with Crippen molar-refractivity contribution in [2.45, 2.75) is 25.8 Å². The van der Waals surface area contributed by atoms with Crippen LogP contribution in [0.5, 0.6) is 5.75 Å². The van der Waals surface area contributed by atoms with Gasteiger partial charge in [0.15, 0.2) is 0 Å². The maximum absolute atomic E-state index is 12.6. The van der Waals surface area contributed by atoms with E-state index in [1.807, 2.05) is 38.1 Å². The fraction of sp³-hybridized carbons (Fsp3) is 0.294. The highest BCUT2D eigenvalue weighted by Gasteiger charge is 2.32. The lowest BCUT2D eigenvalue weighted by Gasteiger charge is -2.25. The number of aromatic carboxylic acids is 1. The summed E-state index contributed by atoms with van der Waals surface area (Å²) < 4.78 is 5.33. The molecule has 1 aromatic heterocycles. The van der Waals surface area contributed by atoms with Crippen LogP contribution in [0.15, 0.2) is 36.4 Å². The van der Waals surface area contributed by atoms with Crippen molar-refractivity contribution in [1.29, 1.82) is 0 Å². The summed E-state index contributed by atoms with van der Waals surface area (Å²) in [5.41, 5.74) is 0.0388. The third-order valence-electron chi connectivity index (χ3n) is 3.64. The minimum atomic E-state index is -0.957. The molecule has 2 N–H and O–H groups in total. The van der Waals surface area contributed by atoms with Crippen LogP contribution in [0.1, 0.15) is 34.0 Å². The molecule has 0 saturated carbocycles. The summed E-state index contributed by atoms with van der Waals surface area (Å²) in [6.45, 7) is 3.96. The van der Waals surface area contributed by atoms with E-state index in [-0.39, 0.29) is 10.8 Å². The van der Waals surface area contributed by atoms with Crippen LogP contribution in [0.2, 0.25) is 0 Å². The van der Waals surface area contributed by atoms with Crippen LogP contribution in [0.25, 0.3) is 0 Å². The molecule has 0 bridgehead atoms. The van der Waals surface area contributed by atoms with Gasteiger partial charge in [0.05, 0.1) is 19.1 Å². The number of carboxylic acid groups (broad SMARTS) is 1. The SMILES string of the molecule is COc1ccccc1C(C)(C)C(=O)NCc1ccc(C(=O)O)s1. The summed E-state index contributed by atoms with van der Waals surface area (Å²) in [5.74, 6) is -0.439. The number of ether oxygens (including phenoxy) is 1. The molecule has 23 heavy (non-hydrogen) atoms. The second-order valence-electron chi connectivity index (χ2n) is 5.58. The fourth-order valence-electron chi connectivity index (χ4n) is 2.26. The van der Waals surface area contributed by atoms with Crippen LogP contribution in [-0.2, 0) is 16.8 Å². The Hall–Kier alpha value is -2.34. The van der Waals surface area contributed by atoms with Gasteiger partial charge < -0.3 is 15.2 Å². The summed E-state index contributed by atoms with van der Waals surface area (Å²) in [6.07, 6.45) is 0. The Bertz CT molecular complexity index is 721. The molecule has 0 atom stereocenters. The van der Waals surface area contributed by atoms with Gasteiger partial charge in [-0.1, -0.05) is 18.2 Å². The number of carbonyl (C=O) groups is 2. The summed E-state index contributed by atoms with van der Waals surface area (Å²) >= 11 is 1.16. The van der Waals surface area contributed by atoms with Gasteiger partial charge in [0.1, 0.15) is 10.6 Å². The van der Waals surface area contributed by atoms with Crippen molar-refractivity contribution in [3.8, 4) is 5.75 Å². The van der Waals surface area contributed by atoms with Crippen molar-refractivity contribution in [2.75, 3.05) is 7.11 Å². The summed E-state index contributed by atoms with van der Waals surface area (Å²) in [6, 6.07) is 10.7. The normalized spacial score (nSPS) is 11.1. The van der Waals surface area contributed by atoms with E-state index in [0.29, 0.717) is 12.3 Å². The molecule has 1 amide bonds. The monoisotopic (exact) mass is 333 g/mol. The molecule has 1 aromatic carbocycles. The summed E-state index contributed by atoms with van der Waals surface area (Å²) in [7, 11) is 1.58. The third kappa shape index (κ3) is 3.71. The molecule has 2 aromatic rings. The number of hydrogen-bond acceptors (Lipinski definition) is 4. The van der Waals surface area contributed by atoms with Crippen LogP contribution in [0.4, 0.5) is 0 Å². The smallest absolute Gasteiger partial charge is 0.345 e. The molecule has 122 valence electrons. The number of carboxylic acids is 1. The highest BCUT2D eigenvalue weighted by molar-refractivity contribution is 7.13. The lowest BCUT2D eigenvalue weighted by atomic mass is 9.83. The first-order valence-corrected chi connectivity index (χ1v) is 7.91. The van der Waals surface area contributed by atoms with Gasteiger partial charge in [0.25, 0.3) is 0 Å². The Morgan fingerprint density at radius 2 is 1.91 bits per heavy atom. The van der Waals surface area contributed by atoms with E-state index in [2.05, 4.69) is 5.32 Å². The van der Waals surface area contributed by atoms with Crippen molar-refractivity contribution < 1.29 is 19.4 Å². The van der Waals surface area contributed by atoms with Crippen LogP contribution in [-0.4, -0.2) is 24.1 Å². The molecule has 5 nitrogen and oxygen atoms in total. The number of rotatable bonds is 6. The summed E-state index contributed by atoms with van der Waals surface area (Å²) in [5, 5.41) is 11.8. The minimum Gasteiger partial charge on any atom is -0.496 e. The zero-order valence-corrected chi connectivity index (χ0v) is 14.1. The molecule has 2 rings (SSSR count). The number of amides is 1. The van der Waals surface area contributed by atoms with Crippen molar-refractivity contribution in [1.82, 2.24) is 5.32 Å². The Morgan fingerprint density at radius 3 is 2.52 bits per heavy atom. The average Bonchev–Trinajstić information content (AvgIpc) is 3.01. The molecule has 0 aliphatic carbocycles. The van der Waals surface area contributed by atoms with Gasteiger partial charge in [-0.05, 0) is 32.0 Å². The first-order chi connectivity index (χ1) is 10.9. The maximum atomic E-state index is 12.6. The average molecular weight is 333 g/mol. The van der Waals surface area contributed by atoms with E-state index in [9.17, 15) is 9.59 Å². The molecular formula is C17H19NO4S. The number of hydrogen-bond donors (Lipinski definition) is 2. The highest BCUT2D eigenvalue weighted by atomic mass is 32.1. The van der Waals surface area contributed by atoms with Crippen molar-refractivity contribution >= 4 is 23.2 Å². The van der Waals surface area contributed by atoms with Gasteiger partial charge in [-0.2, -0.15) is 0 Å². The molecule has 0 fully saturated rings. The predicted octanol–water partition coefficient (Wildman–Crippen LogP) is 3.05. The Balaban J connectivity index is 2.10. The van der Waals surface area contributed by atoms with Crippen LogP contribution in [0.3, 0.4) is 0 Å². The zero-order valence-electron chi connectivity index (χ0n) is 13.3. The second-order valence-corrected chi connectivity index (χ2v) is 6.75. The second kappa shape index (κ2) is 6.83. The van der Waals surface area contributed by atoms with Crippen LogP contribution >= 0.6 is 11.3 Å². The zero-order chi connectivity index (χ0) is 17.0. The van der Waals surface area contributed by atoms with E-state index in [0.717, 1.165) is 21.8 Å². The predicted molar refractivity (Wildman–Crippen MR) is 89.1 cm³/mol. The molecule has 0 saturated heterocycles. The van der Waals surface area contributed by atoms with Gasteiger partial charge in [-0.3, -0.25) is 4.79 Å². The van der Waals surface area contributed by atoms with E-state index in [1.54, 1.807) is 19.2 Å². The Kier molecular flexibility index (Phi) is 5.05. The lowest BCUT2D eigenvalue weighted by Crippen LogP contribution is -2.39. The first-order valence-electron chi connectivity index (χ1n) is 7.10.